The predicted octanol–water partition coefficient (Wildman–Crippen LogP) is 1.70. The van der Waals surface area contributed by atoms with Gasteiger partial charge in [-0.15, -0.1) is 0 Å². The number of amides is 1. The first kappa shape index (κ1) is 13.3. The minimum atomic E-state index is -0.904. The highest BCUT2D eigenvalue weighted by atomic mass is 16.4. The van der Waals surface area contributed by atoms with Crippen molar-refractivity contribution in [2.24, 2.45) is 0 Å². The number of anilines is 1. The fraction of sp³-hybridized carbons (Fsp3) is 0.357. The van der Waals surface area contributed by atoms with Crippen molar-refractivity contribution in [1.82, 2.24) is 0 Å². The summed E-state index contributed by atoms with van der Waals surface area (Å²) in [7, 11) is 0. The van der Waals surface area contributed by atoms with Crippen molar-refractivity contribution in [3.8, 4) is 0 Å². The van der Waals surface area contributed by atoms with Crippen LogP contribution >= 0.6 is 0 Å². The summed E-state index contributed by atoms with van der Waals surface area (Å²) in [5, 5.41) is 8.63. The number of aryl methyl sites for hydroxylation is 1. The third-order valence-electron chi connectivity index (χ3n) is 3.43. The third kappa shape index (κ3) is 2.23. The van der Waals surface area contributed by atoms with Crippen LogP contribution in [0, 0.1) is 13.8 Å². The number of benzene rings is 1. The molecule has 0 spiro atoms. The highest BCUT2D eigenvalue weighted by molar-refractivity contribution is 6.52. The Labute approximate surface area is 110 Å². The van der Waals surface area contributed by atoms with Crippen molar-refractivity contribution in [1.29, 1.82) is 0 Å². The van der Waals surface area contributed by atoms with Crippen molar-refractivity contribution in [2.75, 3.05) is 11.4 Å². The Balaban J connectivity index is 2.32. The Kier molecular flexibility index (Phi) is 3.38. The molecule has 5 nitrogen and oxygen atoms in total. The van der Waals surface area contributed by atoms with Crippen molar-refractivity contribution in [2.45, 2.75) is 26.7 Å². The fourth-order valence-corrected chi connectivity index (χ4v) is 2.27. The molecule has 0 radical (unpaired) electrons. The lowest BCUT2D eigenvalue weighted by molar-refractivity contribution is -0.137. The van der Waals surface area contributed by atoms with Gasteiger partial charge in [0, 0.05) is 13.0 Å². The molecule has 100 valence electrons. The molecule has 1 aromatic carbocycles. The number of fused-ring (bicyclic) bond motifs is 1. The molecule has 1 amide bonds. The minimum absolute atomic E-state index is 0.0157. The summed E-state index contributed by atoms with van der Waals surface area (Å²) in [5.41, 5.74) is 2.96. The van der Waals surface area contributed by atoms with Crippen molar-refractivity contribution in [3.05, 3.63) is 28.8 Å². The largest absolute Gasteiger partial charge is 0.481 e. The van der Waals surface area contributed by atoms with Crippen LogP contribution in [0.5, 0.6) is 0 Å². The van der Waals surface area contributed by atoms with Gasteiger partial charge >= 0.3 is 5.97 Å². The maximum absolute atomic E-state index is 11.9. The molecule has 0 aromatic heterocycles. The van der Waals surface area contributed by atoms with Gasteiger partial charge in [0.05, 0.1) is 11.3 Å². The Morgan fingerprint density at radius 3 is 2.58 bits per heavy atom. The second-order valence-corrected chi connectivity index (χ2v) is 4.69. The van der Waals surface area contributed by atoms with E-state index in [0.29, 0.717) is 17.7 Å². The van der Waals surface area contributed by atoms with E-state index in [9.17, 15) is 14.4 Å². The summed E-state index contributed by atoms with van der Waals surface area (Å²) >= 11 is 0. The number of carbonyl (C=O) groups excluding carboxylic acids is 2. The first-order chi connectivity index (χ1) is 8.93. The lowest BCUT2D eigenvalue weighted by Gasteiger charge is -2.19. The monoisotopic (exact) mass is 261 g/mol. The Bertz CT molecular complexity index is 577. The van der Waals surface area contributed by atoms with E-state index in [-0.39, 0.29) is 13.0 Å². The fourth-order valence-electron chi connectivity index (χ4n) is 2.27. The predicted molar refractivity (Wildman–Crippen MR) is 69.5 cm³/mol. The molecule has 1 aromatic rings. The highest BCUT2D eigenvalue weighted by Crippen LogP contribution is 2.34. The molecule has 2 rings (SSSR count). The molecular weight excluding hydrogens is 246 g/mol. The second kappa shape index (κ2) is 4.84. The quantitative estimate of drug-likeness (QED) is 0.837. The maximum Gasteiger partial charge on any atom is 0.303 e. The summed E-state index contributed by atoms with van der Waals surface area (Å²) in [5.74, 6) is -1.97. The summed E-state index contributed by atoms with van der Waals surface area (Å²) in [4.78, 5) is 35.7. The molecule has 0 aliphatic carbocycles. The Hall–Kier alpha value is -2.17. The smallest absolute Gasteiger partial charge is 0.303 e. The Morgan fingerprint density at radius 1 is 1.26 bits per heavy atom. The van der Waals surface area contributed by atoms with Gasteiger partial charge in [0.1, 0.15) is 0 Å². The van der Waals surface area contributed by atoms with E-state index in [4.69, 9.17) is 5.11 Å². The van der Waals surface area contributed by atoms with Crippen LogP contribution in [0.2, 0.25) is 0 Å². The first-order valence-corrected chi connectivity index (χ1v) is 6.11. The van der Waals surface area contributed by atoms with Crippen LogP contribution < -0.4 is 4.90 Å². The molecular formula is C14H15NO4. The number of rotatable bonds is 4. The molecule has 1 N–H and O–H groups in total. The van der Waals surface area contributed by atoms with E-state index < -0.39 is 17.7 Å². The number of hydrogen-bond acceptors (Lipinski definition) is 3. The third-order valence-corrected chi connectivity index (χ3v) is 3.43. The van der Waals surface area contributed by atoms with Crippen LogP contribution in [0.1, 0.15) is 34.3 Å². The van der Waals surface area contributed by atoms with E-state index in [1.165, 1.54) is 4.90 Å². The van der Waals surface area contributed by atoms with Crippen molar-refractivity contribution in [3.63, 3.8) is 0 Å². The number of carboxylic acids is 1. The first-order valence-electron chi connectivity index (χ1n) is 6.11. The number of carboxylic acid groups (broad SMARTS) is 1. The van der Waals surface area contributed by atoms with Crippen LogP contribution in [0.4, 0.5) is 5.69 Å². The zero-order chi connectivity index (χ0) is 14.2. The van der Waals surface area contributed by atoms with Crippen LogP contribution in [0.25, 0.3) is 0 Å². The normalized spacial score (nSPS) is 13.9. The molecule has 0 fully saturated rings. The van der Waals surface area contributed by atoms with E-state index in [0.717, 1.165) is 11.1 Å². The van der Waals surface area contributed by atoms with Gasteiger partial charge in [-0.05, 0) is 37.5 Å². The SMILES string of the molecule is Cc1ccc2c(c1C)N(CCCC(=O)O)C(=O)C2=O. The standard InChI is InChI=1S/C14H15NO4/c1-8-5-6-10-12(9(8)2)15(14(19)13(10)18)7-3-4-11(16)17/h5-6H,3-4,7H2,1-2H3,(H,16,17). The van der Waals surface area contributed by atoms with E-state index in [1.807, 2.05) is 19.9 Å². The van der Waals surface area contributed by atoms with E-state index in [2.05, 4.69) is 0 Å². The number of hydrogen-bond donors (Lipinski definition) is 1. The van der Waals surface area contributed by atoms with Crippen LogP contribution in [0.3, 0.4) is 0 Å². The van der Waals surface area contributed by atoms with Crippen LogP contribution in [-0.4, -0.2) is 29.3 Å². The summed E-state index contributed by atoms with van der Waals surface area (Å²) in [6.07, 6.45) is 0.319. The average Bonchev–Trinajstić information content (AvgIpc) is 2.59. The number of Topliss-reactive ketones (excluding diaryl/α,β-unsaturated/α-hetero) is 1. The van der Waals surface area contributed by atoms with Gasteiger partial charge in [-0.3, -0.25) is 14.4 Å². The average molecular weight is 261 g/mol. The zero-order valence-corrected chi connectivity index (χ0v) is 10.9. The molecule has 0 saturated heterocycles. The molecule has 0 saturated carbocycles. The molecule has 1 aliphatic rings. The number of carbonyl (C=O) groups is 3. The van der Waals surface area contributed by atoms with Crippen LogP contribution in [-0.2, 0) is 9.59 Å². The van der Waals surface area contributed by atoms with Gasteiger partial charge in [0.2, 0.25) is 0 Å². The maximum atomic E-state index is 11.9. The van der Waals surface area contributed by atoms with Gasteiger partial charge in [-0.1, -0.05) is 6.07 Å². The van der Waals surface area contributed by atoms with E-state index in [1.54, 1.807) is 6.07 Å². The van der Waals surface area contributed by atoms with Crippen molar-refractivity contribution >= 4 is 23.3 Å². The second-order valence-electron chi connectivity index (χ2n) is 4.69. The molecule has 1 aliphatic heterocycles. The summed E-state index contributed by atoms with van der Waals surface area (Å²) in [6, 6.07) is 3.48. The van der Waals surface area contributed by atoms with Gasteiger partial charge < -0.3 is 10.0 Å². The van der Waals surface area contributed by atoms with Crippen molar-refractivity contribution < 1.29 is 19.5 Å². The topological polar surface area (TPSA) is 74.7 Å². The number of aliphatic carboxylic acids is 1. The van der Waals surface area contributed by atoms with Crippen LogP contribution in [0.15, 0.2) is 12.1 Å². The van der Waals surface area contributed by atoms with Gasteiger partial charge in [-0.25, -0.2) is 0 Å². The number of nitrogens with zero attached hydrogens (tertiary/aromatic N) is 1. The summed E-state index contributed by atoms with van der Waals surface area (Å²) in [6.45, 7) is 4.04. The lowest BCUT2D eigenvalue weighted by atomic mass is 10.0. The van der Waals surface area contributed by atoms with Gasteiger partial charge in [0.15, 0.2) is 0 Å². The molecule has 0 bridgehead atoms. The molecule has 1 heterocycles. The molecule has 19 heavy (non-hydrogen) atoms. The Morgan fingerprint density at radius 2 is 1.95 bits per heavy atom. The number of ketones is 1. The molecule has 0 atom stereocenters. The van der Waals surface area contributed by atoms with Gasteiger partial charge in [-0.2, -0.15) is 0 Å². The molecule has 5 heteroatoms. The minimum Gasteiger partial charge on any atom is -0.481 e. The van der Waals surface area contributed by atoms with E-state index >= 15 is 0 Å². The van der Waals surface area contributed by atoms with Gasteiger partial charge in [0.25, 0.3) is 11.7 Å². The highest BCUT2D eigenvalue weighted by Gasteiger charge is 2.36. The molecule has 0 unspecified atom stereocenters. The zero-order valence-electron chi connectivity index (χ0n) is 10.9. The summed E-state index contributed by atoms with van der Waals surface area (Å²) < 4.78 is 0. The lowest BCUT2D eigenvalue weighted by Crippen LogP contribution is -2.31.